The molecule has 0 saturated carbocycles. The number of aromatic nitrogens is 2. The van der Waals surface area contributed by atoms with E-state index in [9.17, 15) is 0 Å². The third-order valence-electron chi connectivity index (χ3n) is 4.36. The lowest BCUT2D eigenvalue weighted by Gasteiger charge is -2.18. The number of nitrogens with zero attached hydrogens (tertiary/aromatic N) is 2. The molecule has 0 bridgehead atoms. The fraction of sp³-hybridized carbons (Fsp3) is 0.238. The lowest BCUT2D eigenvalue weighted by Crippen LogP contribution is -2.25. The Labute approximate surface area is 147 Å². The van der Waals surface area contributed by atoms with Crippen LogP contribution in [0.2, 0.25) is 0 Å². The molecule has 4 nitrogen and oxygen atoms in total. The molecule has 0 fully saturated rings. The van der Waals surface area contributed by atoms with Gasteiger partial charge in [-0.05, 0) is 43.7 Å². The molecule has 126 valence electrons. The number of para-hydroxylation sites is 1. The Balaban J connectivity index is 1.47. The van der Waals surface area contributed by atoms with Crippen molar-refractivity contribution in [2.24, 2.45) is 0 Å². The van der Waals surface area contributed by atoms with Crippen molar-refractivity contribution in [3.05, 3.63) is 72.1 Å². The number of benzene rings is 1. The minimum absolute atomic E-state index is 0.124. The summed E-state index contributed by atoms with van der Waals surface area (Å²) in [6, 6.07) is 16.2. The van der Waals surface area contributed by atoms with Crippen molar-refractivity contribution in [2.45, 2.75) is 32.4 Å². The van der Waals surface area contributed by atoms with Crippen LogP contribution in [-0.2, 0) is 13.0 Å². The zero-order valence-corrected chi connectivity index (χ0v) is 14.5. The topological polar surface area (TPSA) is 47.0 Å². The van der Waals surface area contributed by atoms with Gasteiger partial charge in [-0.2, -0.15) is 0 Å². The predicted molar refractivity (Wildman–Crippen MR) is 99.6 cm³/mol. The first-order valence-corrected chi connectivity index (χ1v) is 8.52. The van der Waals surface area contributed by atoms with E-state index in [4.69, 9.17) is 4.74 Å². The minimum atomic E-state index is -0.124. The van der Waals surface area contributed by atoms with Gasteiger partial charge in [0.2, 0.25) is 0 Å². The molecule has 0 radical (unpaired) electrons. The summed E-state index contributed by atoms with van der Waals surface area (Å²) in [4.78, 5) is 8.85. The van der Waals surface area contributed by atoms with Gasteiger partial charge >= 0.3 is 0 Å². The van der Waals surface area contributed by atoms with E-state index >= 15 is 0 Å². The maximum absolute atomic E-state index is 6.12. The monoisotopic (exact) mass is 331 g/mol. The first-order chi connectivity index (χ1) is 12.1. The van der Waals surface area contributed by atoms with Gasteiger partial charge in [0, 0.05) is 36.5 Å². The summed E-state index contributed by atoms with van der Waals surface area (Å²) in [5.74, 6) is 1.86. The average molecular weight is 331 g/mol. The van der Waals surface area contributed by atoms with E-state index in [0.717, 1.165) is 29.2 Å². The zero-order valence-electron chi connectivity index (χ0n) is 14.5. The van der Waals surface area contributed by atoms with Gasteiger partial charge in [-0.1, -0.05) is 24.3 Å². The SMILES string of the molecule is CC1(C)Cc2cccc(CNc3ccc(-c4ccccn4)cn3)c2O1. The van der Waals surface area contributed by atoms with Crippen molar-refractivity contribution in [2.75, 3.05) is 5.32 Å². The van der Waals surface area contributed by atoms with E-state index in [1.54, 1.807) is 6.20 Å². The molecule has 0 saturated heterocycles. The van der Waals surface area contributed by atoms with E-state index in [-0.39, 0.29) is 5.60 Å². The Morgan fingerprint density at radius 1 is 1.04 bits per heavy atom. The maximum Gasteiger partial charge on any atom is 0.128 e. The van der Waals surface area contributed by atoms with Gasteiger partial charge in [0.25, 0.3) is 0 Å². The Hall–Kier alpha value is -2.88. The maximum atomic E-state index is 6.12. The highest BCUT2D eigenvalue weighted by molar-refractivity contribution is 5.59. The number of rotatable bonds is 4. The highest BCUT2D eigenvalue weighted by Crippen LogP contribution is 2.37. The van der Waals surface area contributed by atoms with Crippen LogP contribution in [0, 0.1) is 0 Å². The normalized spacial score (nSPS) is 14.6. The molecule has 1 aliphatic rings. The Bertz CT molecular complexity index is 873. The van der Waals surface area contributed by atoms with Crippen molar-refractivity contribution in [3.63, 3.8) is 0 Å². The van der Waals surface area contributed by atoms with Gasteiger partial charge in [-0.15, -0.1) is 0 Å². The molecule has 4 rings (SSSR count). The summed E-state index contributed by atoms with van der Waals surface area (Å²) in [5.41, 5.74) is 4.26. The van der Waals surface area contributed by atoms with Crippen LogP contribution in [0.15, 0.2) is 60.9 Å². The number of hydrogen-bond acceptors (Lipinski definition) is 4. The summed E-state index contributed by atoms with van der Waals surface area (Å²) in [6.45, 7) is 4.94. The first kappa shape index (κ1) is 15.6. The van der Waals surface area contributed by atoms with Gasteiger partial charge in [-0.25, -0.2) is 4.98 Å². The summed E-state index contributed by atoms with van der Waals surface area (Å²) in [7, 11) is 0. The van der Waals surface area contributed by atoms with E-state index in [0.29, 0.717) is 6.54 Å². The molecular weight excluding hydrogens is 310 g/mol. The Kier molecular flexibility index (Phi) is 3.88. The fourth-order valence-corrected chi connectivity index (χ4v) is 3.19. The molecule has 3 heterocycles. The van der Waals surface area contributed by atoms with Crippen LogP contribution in [0.3, 0.4) is 0 Å². The quantitative estimate of drug-likeness (QED) is 0.766. The van der Waals surface area contributed by atoms with Crippen molar-refractivity contribution < 1.29 is 4.74 Å². The van der Waals surface area contributed by atoms with E-state index < -0.39 is 0 Å². The van der Waals surface area contributed by atoms with Crippen molar-refractivity contribution >= 4 is 5.82 Å². The molecule has 1 aromatic carbocycles. The number of hydrogen-bond donors (Lipinski definition) is 1. The summed E-state index contributed by atoms with van der Waals surface area (Å²) in [5, 5.41) is 3.39. The Morgan fingerprint density at radius 3 is 2.72 bits per heavy atom. The summed E-state index contributed by atoms with van der Waals surface area (Å²) < 4.78 is 6.12. The minimum Gasteiger partial charge on any atom is -0.487 e. The third-order valence-corrected chi connectivity index (χ3v) is 4.36. The number of anilines is 1. The smallest absolute Gasteiger partial charge is 0.128 e. The second-order valence-electron chi connectivity index (χ2n) is 6.94. The summed E-state index contributed by atoms with van der Waals surface area (Å²) in [6.07, 6.45) is 4.59. The molecule has 0 spiro atoms. The van der Waals surface area contributed by atoms with E-state index in [2.05, 4.69) is 47.3 Å². The first-order valence-electron chi connectivity index (χ1n) is 8.52. The van der Waals surface area contributed by atoms with E-state index in [1.165, 1.54) is 11.1 Å². The molecule has 0 unspecified atom stereocenters. The lowest BCUT2D eigenvalue weighted by molar-refractivity contribution is 0.137. The molecule has 25 heavy (non-hydrogen) atoms. The third kappa shape index (κ3) is 3.33. The van der Waals surface area contributed by atoms with Gasteiger partial charge in [-0.3, -0.25) is 4.98 Å². The highest BCUT2D eigenvalue weighted by atomic mass is 16.5. The molecular formula is C21H21N3O. The van der Waals surface area contributed by atoms with Crippen LogP contribution >= 0.6 is 0 Å². The molecule has 2 aromatic heterocycles. The van der Waals surface area contributed by atoms with Crippen LogP contribution in [0.5, 0.6) is 5.75 Å². The number of fused-ring (bicyclic) bond motifs is 1. The van der Waals surface area contributed by atoms with Crippen LogP contribution in [0.1, 0.15) is 25.0 Å². The molecule has 0 atom stereocenters. The number of pyridine rings is 2. The molecule has 0 amide bonds. The Morgan fingerprint density at radius 2 is 1.96 bits per heavy atom. The predicted octanol–water partition coefficient (Wildman–Crippen LogP) is 4.47. The number of ether oxygens (including phenoxy) is 1. The van der Waals surface area contributed by atoms with Gasteiger partial charge in [0.1, 0.15) is 17.2 Å². The van der Waals surface area contributed by atoms with Crippen LogP contribution in [0.4, 0.5) is 5.82 Å². The van der Waals surface area contributed by atoms with Gasteiger partial charge in [0.05, 0.1) is 5.69 Å². The van der Waals surface area contributed by atoms with Gasteiger partial charge in [0.15, 0.2) is 0 Å². The van der Waals surface area contributed by atoms with Crippen molar-refractivity contribution in [3.8, 4) is 17.0 Å². The molecule has 4 heteroatoms. The van der Waals surface area contributed by atoms with Crippen molar-refractivity contribution in [1.29, 1.82) is 0 Å². The van der Waals surface area contributed by atoms with Crippen LogP contribution in [-0.4, -0.2) is 15.6 Å². The number of nitrogens with one attached hydrogen (secondary N) is 1. The van der Waals surface area contributed by atoms with E-state index in [1.807, 2.05) is 36.5 Å². The van der Waals surface area contributed by atoms with Crippen LogP contribution < -0.4 is 10.1 Å². The molecule has 1 N–H and O–H groups in total. The van der Waals surface area contributed by atoms with Crippen molar-refractivity contribution in [1.82, 2.24) is 9.97 Å². The molecule has 1 aliphatic heterocycles. The zero-order chi connectivity index (χ0) is 17.3. The molecule has 0 aliphatic carbocycles. The largest absolute Gasteiger partial charge is 0.487 e. The molecule has 3 aromatic rings. The highest BCUT2D eigenvalue weighted by Gasteiger charge is 2.31. The second-order valence-corrected chi connectivity index (χ2v) is 6.94. The fourth-order valence-electron chi connectivity index (χ4n) is 3.19. The van der Waals surface area contributed by atoms with Crippen LogP contribution in [0.25, 0.3) is 11.3 Å². The van der Waals surface area contributed by atoms with Gasteiger partial charge < -0.3 is 10.1 Å². The standard InChI is InChI=1S/C21H21N3O/c1-21(2)12-15-6-5-7-17(20(15)25-21)14-24-19-10-9-16(13-23-19)18-8-3-4-11-22-18/h3-11,13H,12,14H2,1-2H3,(H,23,24). The average Bonchev–Trinajstić information content (AvgIpc) is 2.95. The lowest BCUT2D eigenvalue weighted by atomic mass is 10.0. The second kappa shape index (κ2) is 6.20. The summed E-state index contributed by atoms with van der Waals surface area (Å²) >= 11 is 0.